The minimum Gasteiger partial charge on any atom is -0.365 e. The summed E-state index contributed by atoms with van der Waals surface area (Å²) in [7, 11) is 0. The standard InChI is InChI=1S/C12H16FN3/c13-11-8(7-15-9-1-2-9)5-6-14-12(11)16-10-3-4-10/h5-6,9-10,15H,1-4,7H2,(H,14,16). The molecule has 4 heteroatoms. The van der Waals surface area contributed by atoms with Crippen molar-refractivity contribution in [3.63, 3.8) is 0 Å². The molecule has 3 nitrogen and oxygen atoms in total. The Labute approximate surface area is 94.5 Å². The van der Waals surface area contributed by atoms with Crippen molar-refractivity contribution in [3.05, 3.63) is 23.6 Å². The van der Waals surface area contributed by atoms with Crippen LogP contribution in [-0.4, -0.2) is 17.1 Å². The molecule has 0 unspecified atom stereocenters. The maximum atomic E-state index is 14.0. The van der Waals surface area contributed by atoms with Gasteiger partial charge in [0.1, 0.15) is 0 Å². The number of aromatic nitrogens is 1. The highest BCUT2D eigenvalue weighted by Gasteiger charge is 2.24. The molecule has 3 rings (SSSR count). The fourth-order valence-corrected chi connectivity index (χ4v) is 1.68. The minimum absolute atomic E-state index is 0.192. The normalized spacial score (nSPS) is 19.8. The van der Waals surface area contributed by atoms with E-state index in [1.54, 1.807) is 12.3 Å². The molecule has 86 valence electrons. The zero-order valence-corrected chi connectivity index (χ0v) is 9.17. The molecule has 0 aromatic carbocycles. The van der Waals surface area contributed by atoms with Crippen LogP contribution in [0.5, 0.6) is 0 Å². The number of hydrogen-bond donors (Lipinski definition) is 2. The van der Waals surface area contributed by atoms with Crippen molar-refractivity contribution in [2.75, 3.05) is 5.32 Å². The van der Waals surface area contributed by atoms with E-state index in [0.717, 1.165) is 12.8 Å². The number of nitrogens with zero attached hydrogens (tertiary/aromatic N) is 1. The molecule has 2 N–H and O–H groups in total. The Morgan fingerprint density at radius 3 is 2.69 bits per heavy atom. The zero-order valence-electron chi connectivity index (χ0n) is 9.17. The zero-order chi connectivity index (χ0) is 11.0. The van der Waals surface area contributed by atoms with Crippen molar-refractivity contribution in [2.24, 2.45) is 0 Å². The molecule has 1 heterocycles. The molecule has 1 aromatic rings. The van der Waals surface area contributed by atoms with Gasteiger partial charge in [-0.2, -0.15) is 0 Å². The van der Waals surface area contributed by atoms with Gasteiger partial charge >= 0.3 is 0 Å². The van der Waals surface area contributed by atoms with Gasteiger partial charge in [0.15, 0.2) is 11.6 Å². The van der Waals surface area contributed by atoms with Crippen LogP contribution in [0.25, 0.3) is 0 Å². The summed E-state index contributed by atoms with van der Waals surface area (Å²) < 4.78 is 14.0. The number of pyridine rings is 1. The lowest BCUT2D eigenvalue weighted by molar-refractivity contribution is 0.584. The Morgan fingerprint density at radius 2 is 2.00 bits per heavy atom. The first-order chi connectivity index (χ1) is 7.83. The van der Waals surface area contributed by atoms with Crippen molar-refractivity contribution in [1.29, 1.82) is 0 Å². The second-order valence-electron chi connectivity index (χ2n) is 4.71. The van der Waals surface area contributed by atoms with Crippen molar-refractivity contribution in [1.82, 2.24) is 10.3 Å². The first kappa shape index (κ1) is 10.0. The summed E-state index contributed by atoms with van der Waals surface area (Å²) >= 11 is 0. The van der Waals surface area contributed by atoms with Gasteiger partial charge < -0.3 is 10.6 Å². The molecule has 0 aliphatic heterocycles. The molecule has 16 heavy (non-hydrogen) atoms. The molecule has 0 amide bonds. The fraction of sp³-hybridized carbons (Fsp3) is 0.583. The van der Waals surface area contributed by atoms with E-state index < -0.39 is 0 Å². The van der Waals surface area contributed by atoms with Gasteiger partial charge in [-0.25, -0.2) is 9.37 Å². The predicted molar refractivity (Wildman–Crippen MR) is 60.7 cm³/mol. The largest absolute Gasteiger partial charge is 0.365 e. The van der Waals surface area contributed by atoms with Gasteiger partial charge in [0.2, 0.25) is 0 Å². The monoisotopic (exact) mass is 221 g/mol. The Hall–Kier alpha value is -1.16. The van der Waals surface area contributed by atoms with E-state index in [0.29, 0.717) is 30.0 Å². The molecule has 2 aliphatic carbocycles. The molecule has 1 aromatic heterocycles. The van der Waals surface area contributed by atoms with Crippen LogP contribution in [0.1, 0.15) is 31.2 Å². The van der Waals surface area contributed by atoms with Gasteiger partial charge in [-0.3, -0.25) is 0 Å². The van der Waals surface area contributed by atoms with E-state index in [9.17, 15) is 4.39 Å². The van der Waals surface area contributed by atoms with Gasteiger partial charge in [0.25, 0.3) is 0 Å². The average Bonchev–Trinajstić information content (AvgIpc) is 3.13. The summed E-state index contributed by atoms with van der Waals surface area (Å²) in [6, 6.07) is 2.80. The van der Waals surface area contributed by atoms with Gasteiger partial charge in [-0.05, 0) is 31.7 Å². The van der Waals surface area contributed by atoms with Crippen LogP contribution in [0.3, 0.4) is 0 Å². The average molecular weight is 221 g/mol. The third kappa shape index (κ3) is 2.32. The van der Waals surface area contributed by atoms with E-state index in [1.807, 2.05) is 0 Å². The Morgan fingerprint density at radius 1 is 1.25 bits per heavy atom. The number of anilines is 1. The summed E-state index contributed by atoms with van der Waals surface area (Å²) in [4.78, 5) is 4.05. The van der Waals surface area contributed by atoms with Gasteiger partial charge in [0.05, 0.1) is 0 Å². The van der Waals surface area contributed by atoms with Crippen molar-refractivity contribution in [2.45, 2.75) is 44.3 Å². The smallest absolute Gasteiger partial charge is 0.169 e. The van der Waals surface area contributed by atoms with E-state index in [4.69, 9.17) is 0 Å². The first-order valence-corrected chi connectivity index (χ1v) is 5.96. The summed E-state index contributed by atoms with van der Waals surface area (Å²) in [5.74, 6) is 0.222. The van der Waals surface area contributed by atoms with Crippen molar-refractivity contribution < 1.29 is 4.39 Å². The highest BCUT2D eigenvalue weighted by Crippen LogP contribution is 2.26. The summed E-state index contributed by atoms with van der Waals surface area (Å²) in [6.45, 7) is 0.609. The SMILES string of the molecule is Fc1c(CNC2CC2)ccnc1NC1CC1. The molecular formula is C12H16FN3. The summed E-state index contributed by atoms with van der Waals surface area (Å²) in [5, 5.41) is 6.43. The highest BCUT2D eigenvalue weighted by atomic mass is 19.1. The summed E-state index contributed by atoms with van der Waals surface area (Å²) in [6.07, 6.45) is 6.38. The second kappa shape index (κ2) is 4.01. The third-order valence-corrected chi connectivity index (χ3v) is 3.05. The molecular weight excluding hydrogens is 205 g/mol. The molecule has 2 aliphatic rings. The number of halogens is 1. The number of rotatable bonds is 5. The second-order valence-corrected chi connectivity index (χ2v) is 4.71. The van der Waals surface area contributed by atoms with Crippen LogP contribution >= 0.6 is 0 Å². The Balaban J connectivity index is 1.69. The van der Waals surface area contributed by atoms with Gasteiger partial charge in [-0.1, -0.05) is 0 Å². The van der Waals surface area contributed by atoms with Gasteiger partial charge in [0, 0.05) is 30.4 Å². The van der Waals surface area contributed by atoms with Crippen LogP contribution in [-0.2, 0) is 6.54 Å². The quantitative estimate of drug-likeness (QED) is 0.799. The minimum atomic E-state index is -0.192. The van der Waals surface area contributed by atoms with Gasteiger partial charge in [-0.15, -0.1) is 0 Å². The fourth-order valence-electron chi connectivity index (χ4n) is 1.68. The molecule has 2 saturated carbocycles. The molecule has 2 fully saturated rings. The van der Waals surface area contributed by atoms with Crippen LogP contribution < -0.4 is 10.6 Å². The Kier molecular flexibility index (Phi) is 2.52. The molecule has 0 saturated heterocycles. The lowest BCUT2D eigenvalue weighted by atomic mass is 10.2. The maximum absolute atomic E-state index is 14.0. The topological polar surface area (TPSA) is 37.0 Å². The van der Waals surface area contributed by atoms with E-state index in [-0.39, 0.29) is 5.82 Å². The van der Waals surface area contributed by atoms with Crippen LogP contribution in [0.15, 0.2) is 12.3 Å². The molecule has 0 atom stereocenters. The van der Waals surface area contributed by atoms with E-state index in [1.165, 1.54) is 12.8 Å². The van der Waals surface area contributed by atoms with Crippen LogP contribution in [0, 0.1) is 5.82 Å². The predicted octanol–water partition coefficient (Wildman–Crippen LogP) is 2.05. The van der Waals surface area contributed by atoms with Crippen LogP contribution in [0.2, 0.25) is 0 Å². The molecule has 0 bridgehead atoms. The number of hydrogen-bond acceptors (Lipinski definition) is 3. The Bertz CT molecular complexity index is 386. The van der Waals surface area contributed by atoms with Crippen LogP contribution in [0.4, 0.5) is 10.2 Å². The summed E-state index contributed by atoms with van der Waals surface area (Å²) in [5.41, 5.74) is 0.713. The van der Waals surface area contributed by atoms with Crippen molar-refractivity contribution in [3.8, 4) is 0 Å². The van der Waals surface area contributed by atoms with E-state index >= 15 is 0 Å². The molecule has 0 spiro atoms. The van der Waals surface area contributed by atoms with Crippen molar-refractivity contribution >= 4 is 5.82 Å². The lowest BCUT2D eigenvalue weighted by Gasteiger charge is -2.09. The van der Waals surface area contributed by atoms with E-state index in [2.05, 4.69) is 15.6 Å². The highest BCUT2D eigenvalue weighted by molar-refractivity contribution is 5.41. The number of nitrogens with one attached hydrogen (secondary N) is 2. The lowest BCUT2D eigenvalue weighted by Crippen LogP contribution is -2.17. The maximum Gasteiger partial charge on any atom is 0.169 e. The molecule has 0 radical (unpaired) electrons. The first-order valence-electron chi connectivity index (χ1n) is 5.96. The third-order valence-electron chi connectivity index (χ3n) is 3.05.